The summed E-state index contributed by atoms with van der Waals surface area (Å²) < 4.78 is 48.4. The third-order valence-corrected chi connectivity index (χ3v) is 3.93. The fourth-order valence-electron chi connectivity index (χ4n) is 2.39. The largest absolute Gasteiger partial charge is 0.416 e. The molecule has 9 heteroatoms. The van der Waals surface area contributed by atoms with Crippen molar-refractivity contribution in [3.05, 3.63) is 35.4 Å². The Morgan fingerprint density at radius 2 is 1.79 bits per heavy atom. The van der Waals surface area contributed by atoms with Gasteiger partial charge in [-0.3, -0.25) is 4.79 Å². The van der Waals surface area contributed by atoms with Gasteiger partial charge in [-0.25, -0.2) is 0 Å². The molecule has 0 saturated carbocycles. The third kappa shape index (κ3) is 10.8. The van der Waals surface area contributed by atoms with Crippen LogP contribution in [-0.2, 0) is 25.3 Å². The van der Waals surface area contributed by atoms with Gasteiger partial charge in [0.25, 0.3) is 0 Å². The number of ether oxygens (including phenoxy) is 2. The predicted octanol–water partition coefficient (Wildman–Crippen LogP) is 3.79. The van der Waals surface area contributed by atoms with Gasteiger partial charge in [0.1, 0.15) is 6.61 Å². The molecule has 0 spiro atoms. The Bertz CT molecular complexity index is 619. The Labute approximate surface area is 169 Å². The number of carbonyl (C=O) groups excluding carboxylic acids is 1. The van der Waals surface area contributed by atoms with Gasteiger partial charge >= 0.3 is 6.18 Å². The highest BCUT2D eigenvalue weighted by atomic mass is 19.4. The van der Waals surface area contributed by atoms with Crippen LogP contribution < -0.4 is 5.32 Å². The lowest BCUT2D eigenvalue weighted by atomic mass is 10.0. The zero-order chi connectivity index (χ0) is 21.5. The number of unbranched alkanes of at least 4 members (excludes halogenated alkanes) is 1. The molecule has 0 fully saturated rings. The molecular weight excluding hydrogens is 389 g/mol. The van der Waals surface area contributed by atoms with Crippen molar-refractivity contribution < 1.29 is 32.3 Å². The Balaban J connectivity index is 2.59. The molecule has 0 heterocycles. The molecule has 0 aliphatic rings. The van der Waals surface area contributed by atoms with Crippen LogP contribution in [0.15, 0.2) is 29.4 Å². The van der Waals surface area contributed by atoms with Crippen molar-refractivity contribution in [1.82, 2.24) is 5.32 Å². The summed E-state index contributed by atoms with van der Waals surface area (Å²) in [6.45, 7) is 3.80. The lowest BCUT2D eigenvalue weighted by Crippen LogP contribution is -2.27. The van der Waals surface area contributed by atoms with Crippen LogP contribution in [0.25, 0.3) is 0 Å². The molecule has 1 N–H and O–H groups in total. The lowest BCUT2D eigenvalue weighted by Gasteiger charge is -2.10. The molecule has 164 valence electrons. The molecule has 0 bridgehead atoms. The number of rotatable bonds is 14. The van der Waals surface area contributed by atoms with Crippen LogP contribution >= 0.6 is 0 Å². The summed E-state index contributed by atoms with van der Waals surface area (Å²) in [7, 11) is 1.61. The second-order valence-electron chi connectivity index (χ2n) is 6.19. The monoisotopic (exact) mass is 418 g/mol. The van der Waals surface area contributed by atoms with Crippen LogP contribution in [-0.4, -0.2) is 51.7 Å². The molecule has 0 aromatic heterocycles. The van der Waals surface area contributed by atoms with Crippen LogP contribution in [0, 0.1) is 0 Å². The number of oxime groups is 1. The number of hydrogen-bond donors (Lipinski definition) is 1. The van der Waals surface area contributed by atoms with Crippen LogP contribution in [0.2, 0.25) is 0 Å². The summed E-state index contributed by atoms with van der Waals surface area (Å²) >= 11 is 0. The second kappa shape index (κ2) is 13.9. The minimum absolute atomic E-state index is 0.145. The van der Waals surface area contributed by atoms with E-state index in [0.29, 0.717) is 37.5 Å². The number of alkyl halides is 3. The van der Waals surface area contributed by atoms with Crippen molar-refractivity contribution in [2.75, 3.05) is 40.1 Å². The summed E-state index contributed by atoms with van der Waals surface area (Å²) in [4.78, 5) is 16.8. The third-order valence-electron chi connectivity index (χ3n) is 3.93. The van der Waals surface area contributed by atoms with E-state index in [1.807, 2.05) is 6.92 Å². The predicted molar refractivity (Wildman–Crippen MR) is 104 cm³/mol. The fourth-order valence-corrected chi connectivity index (χ4v) is 2.39. The van der Waals surface area contributed by atoms with Gasteiger partial charge in [0, 0.05) is 26.7 Å². The molecule has 1 aromatic carbocycles. The highest BCUT2D eigenvalue weighted by Crippen LogP contribution is 2.29. The number of benzene rings is 1. The average Bonchev–Trinajstić information content (AvgIpc) is 2.69. The number of halogens is 3. The normalized spacial score (nSPS) is 12.1. The lowest BCUT2D eigenvalue weighted by molar-refractivity contribution is -0.137. The van der Waals surface area contributed by atoms with Crippen molar-refractivity contribution >= 4 is 11.6 Å². The summed E-state index contributed by atoms with van der Waals surface area (Å²) in [5.41, 5.74) is 0.407. The van der Waals surface area contributed by atoms with E-state index in [0.717, 1.165) is 25.0 Å². The number of methoxy groups -OCH3 is 1. The Morgan fingerprint density at radius 3 is 2.41 bits per heavy atom. The van der Waals surface area contributed by atoms with E-state index in [4.69, 9.17) is 14.3 Å². The standard InChI is InChI=1S/C20H29F3N2O4/c1-3-28-14-11-19(26)24-12-15-29-25-18(6-4-5-13-27-2)16-7-9-17(10-8-16)20(21,22)23/h7-10H,3-6,11-15H2,1-2H3,(H,24,26)/b25-18+. The van der Waals surface area contributed by atoms with Crippen molar-refractivity contribution in [3.8, 4) is 0 Å². The van der Waals surface area contributed by atoms with Gasteiger partial charge in [-0.05, 0) is 43.9 Å². The number of carbonyl (C=O) groups is 1. The van der Waals surface area contributed by atoms with Gasteiger partial charge < -0.3 is 19.6 Å². The van der Waals surface area contributed by atoms with Gasteiger partial charge in [0.15, 0.2) is 0 Å². The SMILES string of the molecule is CCOCCC(=O)NCCO/N=C(\CCCCOC)c1ccc(C(F)(F)F)cc1. The first-order chi connectivity index (χ1) is 13.9. The average molecular weight is 418 g/mol. The van der Waals surface area contributed by atoms with Crippen molar-refractivity contribution in [2.24, 2.45) is 5.16 Å². The van der Waals surface area contributed by atoms with Gasteiger partial charge in [-0.1, -0.05) is 17.3 Å². The minimum Gasteiger partial charge on any atom is -0.394 e. The molecule has 0 unspecified atom stereocenters. The van der Waals surface area contributed by atoms with E-state index in [1.165, 1.54) is 12.1 Å². The number of hydrogen-bond acceptors (Lipinski definition) is 5. The summed E-state index contributed by atoms with van der Waals surface area (Å²) in [6.07, 6.45) is -2.02. The number of nitrogens with one attached hydrogen (secondary N) is 1. The number of nitrogens with zero attached hydrogens (tertiary/aromatic N) is 1. The van der Waals surface area contributed by atoms with Gasteiger partial charge in [0.2, 0.25) is 5.91 Å². The molecule has 29 heavy (non-hydrogen) atoms. The summed E-state index contributed by atoms with van der Waals surface area (Å²) in [5, 5.41) is 6.76. The smallest absolute Gasteiger partial charge is 0.394 e. The van der Waals surface area contributed by atoms with E-state index in [-0.39, 0.29) is 25.5 Å². The molecule has 0 aliphatic heterocycles. The highest BCUT2D eigenvalue weighted by molar-refractivity contribution is 6.00. The molecule has 0 radical (unpaired) electrons. The molecule has 1 rings (SSSR count). The maximum Gasteiger partial charge on any atom is 0.416 e. The fraction of sp³-hybridized carbons (Fsp3) is 0.600. The van der Waals surface area contributed by atoms with Crippen LogP contribution in [0.1, 0.15) is 43.7 Å². The highest BCUT2D eigenvalue weighted by Gasteiger charge is 2.30. The molecule has 1 amide bonds. The summed E-state index contributed by atoms with van der Waals surface area (Å²) in [5.74, 6) is -0.145. The zero-order valence-corrected chi connectivity index (χ0v) is 16.9. The van der Waals surface area contributed by atoms with Crippen LogP contribution in [0.5, 0.6) is 0 Å². The second-order valence-corrected chi connectivity index (χ2v) is 6.19. The molecule has 0 aliphatic carbocycles. The molecule has 0 saturated heterocycles. The zero-order valence-electron chi connectivity index (χ0n) is 16.9. The Kier molecular flexibility index (Phi) is 12.0. The first-order valence-electron chi connectivity index (χ1n) is 9.58. The molecule has 0 atom stereocenters. The van der Waals surface area contributed by atoms with E-state index in [9.17, 15) is 18.0 Å². The molecular formula is C20H29F3N2O4. The molecule has 6 nitrogen and oxygen atoms in total. The van der Waals surface area contributed by atoms with E-state index in [1.54, 1.807) is 7.11 Å². The summed E-state index contributed by atoms with van der Waals surface area (Å²) in [6, 6.07) is 4.82. The maximum absolute atomic E-state index is 12.7. The number of amides is 1. The quantitative estimate of drug-likeness (QED) is 0.284. The minimum atomic E-state index is -4.38. The van der Waals surface area contributed by atoms with Crippen molar-refractivity contribution in [3.63, 3.8) is 0 Å². The Morgan fingerprint density at radius 1 is 1.07 bits per heavy atom. The Hall–Kier alpha value is -2.13. The maximum atomic E-state index is 12.7. The van der Waals surface area contributed by atoms with E-state index < -0.39 is 11.7 Å². The molecule has 1 aromatic rings. The van der Waals surface area contributed by atoms with Crippen LogP contribution in [0.4, 0.5) is 13.2 Å². The van der Waals surface area contributed by atoms with Crippen LogP contribution in [0.3, 0.4) is 0 Å². The first-order valence-corrected chi connectivity index (χ1v) is 9.58. The van der Waals surface area contributed by atoms with Gasteiger partial charge in [-0.2, -0.15) is 13.2 Å². The first kappa shape index (κ1) is 24.9. The van der Waals surface area contributed by atoms with Crippen molar-refractivity contribution in [2.45, 2.75) is 38.8 Å². The van der Waals surface area contributed by atoms with Gasteiger partial charge in [0.05, 0.1) is 24.4 Å². The topological polar surface area (TPSA) is 69.2 Å². The van der Waals surface area contributed by atoms with Gasteiger partial charge in [-0.15, -0.1) is 0 Å². The van der Waals surface area contributed by atoms with Crippen molar-refractivity contribution in [1.29, 1.82) is 0 Å². The van der Waals surface area contributed by atoms with E-state index in [2.05, 4.69) is 10.5 Å². The van der Waals surface area contributed by atoms with E-state index >= 15 is 0 Å².